The number of likely N-dealkylation sites (tertiary alicyclic amines) is 1. The first-order valence-corrected chi connectivity index (χ1v) is 20.3. The van der Waals surface area contributed by atoms with Gasteiger partial charge in [-0.1, -0.05) is 65.2 Å². The van der Waals surface area contributed by atoms with Crippen molar-refractivity contribution >= 4 is 40.8 Å². The predicted molar refractivity (Wildman–Crippen MR) is 202 cm³/mol. The first-order chi connectivity index (χ1) is 23.5. The third-order valence-electron chi connectivity index (χ3n) is 10.2. The van der Waals surface area contributed by atoms with Crippen LogP contribution < -0.4 is 27.0 Å². The van der Waals surface area contributed by atoms with Crippen LogP contribution in [0.4, 0.5) is 4.79 Å². The van der Waals surface area contributed by atoms with Crippen LogP contribution in [0.3, 0.4) is 0 Å². The lowest BCUT2D eigenvalue weighted by Crippen LogP contribution is -2.61. The molecule has 5 amide bonds. The number of hydrogen-bond acceptors (Lipinski definition) is 7. The fourth-order valence-electron chi connectivity index (χ4n) is 6.96. The van der Waals surface area contributed by atoms with Gasteiger partial charge in [0, 0.05) is 33.9 Å². The molecule has 0 bridgehead atoms. The van der Waals surface area contributed by atoms with Gasteiger partial charge in [0.05, 0.1) is 11.6 Å². The minimum Gasteiger partial charge on any atom is -0.363 e. The first-order valence-electron chi connectivity index (χ1n) is 18.9. The molecule has 1 saturated heterocycles. The van der Waals surface area contributed by atoms with E-state index in [1.54, 1.807) is 0 Å². The largest absolute Gasteiger partial charge is 0.363 e. The van der Waals surface area contributed by atoms with Crippen molar-refractivity contribution in [1.82, 2.24) is 26.2 Å². The van der Waals surface area contributed by atoms with Crippen LogP contribution in [0, 0.1) is 11.8 Å². The van der Waals surface area contributed by atoms with Gasteiger partial charge in [-0.15, -0.1) is 0 Å². The summed E-state index contributed by atoms with van der Waals surface area (Å²) in [5.41, 5.74) is 4.38. The standard InChI is InChI=1S/C26H47N3O3S.C9H16N2O3.C2H7N/c1-20-13-12-18-29(20)23(30)22(21-14-8-7-9-15-21)27-24(31)28-26(16-10-5-6-11-17-26)19-33(32)25(2,3)4;1-3-6(2)4-7(11-5-12)8(13)9(10)14;1-3-2/h20-22H,5-19H2,1-4H3,(H2,27,28,31);5-7H,3-4H2,1-2H3,(H2,10,14)(H,11,12);3H,1-2H3/t20-,22?,33?;;/m1../s1. The summed E-state index contributed by atoms with van der Waals surface area (Å²) in [6.45, 7) is 12.8. The van der Waals surface area contributed by atoms with Gasteiger partial charge in [0.2, 0.25) is 18.1 Å². The second-order valence-electron chi connectivity index (χ2n) is 15.6. The zero-order valence-corrected chi connectivity index (χ0v) is 33.2. The highest BCUT2D eigenvalue weighted by Gasteiger charge is 2.40. The summed E-state index contributed by atoms with van der Waals surface area (Å²) in [5, 5.41) is 11.5. The Bertz CT molecular complexity index is 1080. The molecule has 1 heterocycles. The number of Topliss-reactive ketones (excluding diaryl/α,β-unsaturated/α-hetero) is 1. The lowest BCUT2D eigenvalue weighted by molar-refractivity contribution is -0.137. The molecule has 50 heavy (non-hydrogen) atoms. The summed E-state index contributed by atoms with van der Waals surface area (Å²) >= 11 is 0. The van der Waals surface area contributed by atoms with E-state index in [1.165, 1.54) is 6.42 Å². The van der Waals surface area contributed by atoms with Crippen LogP contribution in [0.5, 0.6) is 0 Å². The van der Waals surface area contributed by atoms with E-state index in [4.69, 9.17) is 5.73 Å². The SMILES string of the molecule is CCC(C)CC(NC=O)C(=O)C(N)=O.CNC.C[C@@H]1CCCN1C(=O)C(NC(=O)NC1(CS(=O)C(C)(C)C)CCCCCC1)C1CCCCC1. The molecule has 1 aliphatic heterocycles. The molecule has 3 aliphatic rings. The molecule has 4 unspecified atom stereocenters. The van der Waals surface area contributed by atoms with Crippen molar-refractivity contribution in [3.05, 3.63) is 0 Å². The van der Waals surface area contributed by atoms with Crippen molar-refractivity contribution in [2.24, 2.45) is 17.6 Å². The number of nitrogens with zero attached hydrogens (tertiary/aromatic N) is 1. The number of nitrogens with one attached hydrogen (secondary N) is 4. The minimum absolute atomic E-state index is 0.0928. The monoisotopic (exact) mass is 727 g/mol. The quantitative estimate of drug-likeness (QED) is 0.107. The molecule has 0 aromatic carbocycles. The van der Waals surface area contributed by atoms with Crippen molar-refractivity contribution in [3.63, 3.8) is 0 Å². The summed E-state index contributed by atoms with van der Waals surface area (Å²) in [4.78, 5) is 61.0. The number of ketones is 1. The zero-order valence-electron chi connectivity index (χ0n) is 32.4. The van der Waals surface area contributed by atoms with E-state index in [2.05, 4.69) is 28.2 Å². The molecule has 3 rings (SSSR count). The molecule has 0 radical (unpaired) electrons. The van der Waals surface area contributed by atoms with Crippen LogP contribution in [-0.2, 0) is 30.0 Å². The number of primary amides is 1. The maximum absolute atomic E-state index is 13.6. The van der Waals surface area contributed by atoms with Crippen molar-refractivity contribution in [3.8, 4) is 0 Å². The van der Waals surface area contributed by atoms with Gasteiger partial charge in [-0.2, -0.15) is 0 Å². The Morgan fingerprint density at radius 1 is 0.960 bits per heavy atom. The van der Waals surface area contributed by atoms with E-state index in [0.29, 0.717) is 18.6 Å². The third kappa shape index (κ3) is 15.8. The fraction of sp³-hybridized carbons (Fsp3) is 0.865. The van der Waals surface area contributed by atoms with Gasteiger partial charge in [0.25, 0.3) is 5.91 Å². The van der Waals surface area contributed by atoms with Gasteiger partial charge in [0.15, 0.2) is 0 Å². The summed E-state index contributed by atoms with van der Waals surface area (Å²) in [6, 6.07) is -1.24. The van der Waals surface area contributed by atoms with Gasteiger partial charge < -0.3 is 31.9 Å². The second kappa shape index (κ2) is 23.1. The maximum Gasteiger partial charge on any atom is 0.315 e. The second-order valence-corrected chi connectivity index (χ2v) is 17.8. The number of carbonyl (C=O) groups excluding carboxylic acids is 5. The molecule has 6 N–H and O–H groups in total. The lowest BCUT2D eigenvalue weighted by Gasteiger charge is -2.38. The maximum atomic E-state index is 13.6. The highest BCUT2D eigenvalue weighted by Crippen LogP contribution is 2.32. The van der Waals surface area contributed by atoms with Crippen LogP contribution in [-0.4, -0.2) is 94.0 Å². The Morgan fingerprint density at radius 2 is 1.52 bits per heavy atom. The van der Waals surface area contributed by atoms with E-state index < -0.39 is 40.1 Å². The molecule has 3 fully saturated rings. The van der Waals surface area contributed by atoms with Crippen LogP contribution >= 0.6 is 0 Å². The molecular weight excluding hydrogens is 657 g/mol. The average molecular weight is 727 g/mol. The van der Waals surface area contributed by atoms with E-state index in [0.717, 1.165) is 90.0 Å². The molecular formula is C37H70N6O6S. The fourth-order valence-corrected chi connectivity index (χ4v) is 8.25. The lowest BCUT2D eigenvalue weighted by atomic mass is 9.83. The summed E-state index contributed by atoms with van der Waals surface area (Å²) in [6.07, 6.45) is 15.4. The summed E-state index contributed by atoms with van der Waals surface area (Å²) < 4.78 is 12.8. The zero-order chi connectivity index (χ0) is 37.9. The van der Waals surface area contributed by atoms with Gasteiger partial charge >= 0.3 is 6.03 Å². The normalized spacial score (nSPS) is 21.7. The van der Waals surface area contributed by atoms with Gasteiger partial charge in [-0.25, -0.2) is 4.79 Å². The molecule has 0 aromatic heterocycles. The number of rotatable bonds is 13. The van der Waals surface area contributed by atoms with Crippen LogP contribution in [0.15, 0.2) is 0 Å². The minimum atomic E-state index is -1.05. The summed E-state index contributed by atoms with van der Waals surface area (Å²) in [5.74, 6) is -0.704. The Balaban J connectivity index is 0.000000616. The Labute approximate surface area is 304 Å². The third-order valence-corrected chi connectivity index (χ3v) is 12.4. The van der Waals surface area contributed by atoms with Crippen molar-refractivity contribution in [2.75, 3.05) is 26.4 Å². The number of nitrogens with two attached hydrogens (primary N) is 1. The smallest absolute Gasteiger partial charge is 0.315 e. The van der Waals surface area contributed by atoms with Crippen LogP contribution in [0.25, 0.3) is 0 Å². The van der Waals surface area contributed by atoms with E-state index >= 15 is 0 Å². The molecule has 13 heteroatoms. The van der Waals surface area contributed by atoms with Crippen molar-refractivity contribution < 1.29 is 28.2 Å². The molecule has 0 aromatic rings. The van der Waals surface area contributed by atoms with Gasteiger partial charge in [0.1, 0.15) is 6.04 Å². The van der Waals surface area contributed by atoms with Crippen molar-refractivity contribution in [1.29, 1.82) is 0 Å². The van der Waals surface area contributed by atoms with Crippen LogP contribution in [0.2, 0.25) is 0 Å². The highest BCUT2D eigenvalue weighted by atomic mass is 32.2. The van der Waals surface area contributed by atoms with E-state index in [9.17, 15) is 28.2 Å². The van der Waals surface area contributed by atoms with E-state index in [1.807, 2.05) is 53.6 Å². The number of carbonyl (C=O) groups is 5. The summed E-state index contributed by atoms with van der Waals surface area (Å²) in [7, 11) is 2.70. The number of urea groups is 1. The first kappa shape index (κ1) is 45.5. The predicted octanol–water partition coefficient (Wildman–Crippen LogP) is 4.31. The molecule has 290 valence electrons. The van der Waals surface area contributed by atoms with Crippen LogP contribution in [0.1, 0.15) is 138 Å². The highest BCUT2D eigenvalue weighted by molar-refractivity contribution is 7.86. The van der Waals surface area contributed by atoms with Gasteiger partial charge in [-0.3, -0.25) is 23.4 Å². The molecule has 2 aliphatic carbocycles. The van der Waals surface area contributed by atoms with Gasteiger partial charge in [-0.05, 0) is 98.6 Å². The Kier molecular flexibility index (Phi) is 21.0. The number of amides is 5. The molecule has 0 spiro atoms. The molecule has 5 atom stereocenters. The number of hydrogen-bond donors (Lipinski definition) is 5. The average Bonchev–Trinajstić information content (AvgIpc) is 3.37. The molecule has 2 saturated carbocycles. The van der Waals surface area contributed by atoms with Crippen molar-refractivity contribution in [2.45, 2.75) is 166 Å². The topological polar surface area (TPSA) is 180 Å². The molecule has 12 nitrogen and oxygen atoms in total. The Morgan fingerprint density at radius 3 is 1.98 bits per heavy atom. The van der Waals surface area contributed by atoms with E-state index in [-0.39, 0.29) is 34.6 Å². The Hall–Kier alpha value is -2.54.